The van der Waals surface area contributed by atoms with Crippen LogP contribution in [0.15, 0.2) is 134 Å². The maximum atomic E-state index is 12.8. The largest absolute Gasteiger partial charge is 0.477 e. The van der Waals surface area contributed by atoms with Gasteiger partial charge in [0.1, 0.15) is 6.61 Å². The second-order valence-electron chi connectivity index (χ2n) is 16.4. The van der Waals surface area contributed by atoms with E-state index < -0.39 is 18.1 Å². The Morgan fingerprint density at radius 1 is 0.492 bits per heavy atom. The highest BCUT2D eigenvalue weighted by atomic mass is 16.6. The molecule has 0 saturated carbocycles. The average molecular weight is 873 g/mol. The van der Waals surface area contributed by atoms with Gasteiger partial charge in [-0.2, -0.15) is 0 Å². The summed E-state index contributed by atoms with van der Waals surface area (Å²) in [5.41, 5.74) is 0. The number of allylic oxidation sites excluding steroid dienone is 22. The lowest BCUT2D eigenvalue weighted by molar-refractivity contribution is -0.887. The highest BCUT2D eigenvalue weighted by Gasteiger charge is 2.31. The molecule has 0 aromatic rings. The van der Waals surface area contributed by atoms with Gasteiger partial charge in [0.05, 0.1) is 34.4 Å². The van der Waals surface area contributed by atoms with Gasteiger partial charge < -0.3 is 23.8 Å². The number of nitrogens with zero attached hydrogens (tertiary/aromatic N) is 1. The SMILES string of the molecule is CC/C=C/C=C/C=C/C=C/C=C/C=C/C=C/CCCCCC(=O)OC(COCCC(C(=O)O)[N+](C)(C)C)COC(=O)CCCCCCCCC/C=C/C/C=C/C/C=C/C/C=C/CC. The van der Waals surface area contributed by atoms with Gasteiger partial charge >= 0.3 is 17.9 Å². The number of unbranched alkanes of at least 4 members (excludes halogenated alkanes) is 10. The third-order valence-corrected chi connectivity index (χ3v) is 9.74. The van der Waals surface area contributed by atoms with E-state index in [9.17, 15) is 19.5 Å². The number of carboxylic acid groups (broad SMARTS) is 1. The number of likely N-dealkylation sites (N-methyl/N-ethyl adjacent to an activating group) is 1. The normalized spacial score (nSPS) is 14.1. The van der Waals surface area contributed by atoms with Crippen molar-refractivity contribution in [2.24, 2.45) is 0 Å². The summed E-state index contributed by atoms with van der Waals surface area (Å²) in [6, 6.07) is -0.635. The Kier molecular flexibility index (Phi) is 40.9. The molecule has 0 heterocycles. The topological polar surface area (TPSA) is 99.1 Å². The number of hydrogen-bond acceptors (Lipinski definition) is 6. The van der Waals surface area contributed by atoms with E-state index in [1.807, 2.05) is 94.1 Å². The van der Waals surface area contributed by atoms with Crippen molar-refractivity contribution in [3.8, 4) is 0 Å². The summed E-state index contributed by atoms with van der Waals surface area (Å²) < 4.78 is 17.3. The van der Waals surface area contributed by atoms with E-state index in [0.717, 1.165) is 83.5 Å². The standard InChI is InChI=1S/C55H85NO7/c1-6-8-10-12-14-16-18-20-22-24-26-28-29-31-33-35-37-39-41-43-45-53(57)62-50-51(49-61-48-47-52(55(59)60)56(3,4)5)63-54(58)46-44-42-40-38-36-34-32-30-27-25-23-21-19-17-15-13-11-9-7-2/h8-11,13-17,19-23,25-28,30,32,34,36,51-52H,6-7,12,18,24,29,31,33,35,37-50H2,1-5H3/p+1/b10-8+,11-9+,15-13+,16-14+,19-17+,22-20+,23-21+,27-25+,28-26+,32-30+,36-34+. The molecule has 8 heteroatoms. The van der Waals surface area contributed by atoms with Gasteiger partial charge in [-0.15, -0.1) is 0 Å². The number of rotatable bonds is 40. The molecule has 2 unspecified atom stereocenters. The molecule has 0 spiro atoms. The van der Waals surface area contributed by atoms with Gasteiger partial charge in [-0.05, 0) is 70.6 Å². The van der Waals surface area contributed by atoms with E-state index in [-0.39, 0.29) is 42.7 Å². The molecule has 0 aliphatic rings. The number of carbonyl (C=O) groups is 3. The first kappa shape index (κ1) is 58.5. The highest BCUT2D eigenvalue weighted by Crippen LogP contribution is 2.13. The van der Waals surface area contributed by atoms with Crippen LogP contribution in [0.2, 0.25) is 0 Å². The molecule has 1 N–H and O–H groups in total. The van der Waals surface area contributed by atoms with Crippen LogP contribution in [-0.4, -0.2) is 80.6 Å². The summed E-state index contributed by atoms with van der Waals surface area (Å²) >= 11 is 0. The summed E-state index contributed by atoms with van der Waals surface area (Å²) in [4.78, 5) is 37.1. The molecule has 0 aliphatic heterocycles. The molecule has 0 radical (unpaired) electrons. The van der Waals surface area contributed by atoms with Gasteiger partial charge in [-0.1, -0.05) is 186 Å². The monoisotopic (exact) mass is 873 g/mol. The summed E-state index contributed by atoms with van der Waals surface area (Å²) in [5, 5.41) is 9.64. The summed E-state index contributed by atoms with van der Waals surface area (Å²) in [6.45, 7) is 4.39. The van der Waals surface area contributed by atoms with Crippen LogP contribution < -0.4 is 0 Å². The first-order valence-electron chi connectivity index (χ1n) is 23.8. The van der Waals surface area contributed by atoms with Crippen LogP contribution in [0.4, 0.5) is 0 Å². The van der Waals surface area contributed by atoms with Crippen LogP contribution in [0.3, 0.4) is 0 Å². The Labute approximate surface area is 383 Å². The van der Waals surface area contributed by atoms with Crippen molar-refractivity contribution in [3.05, 3.63) is 134 Å². The van der Waals surface area contributed by atoms with E-state index in [1.54, 1.807) is 0 Å². The van der Waals surface area contributed by atoms with Crippen molar-refractivity contribution in [3.63, 3.8) is 0 Å². The zero-order valence-corrected chi connectivity index (χ0v) is 40.0. The molecular weight excluding hydrogens is 787 g/mol. The van der Waals surface area contributed by atoms with Crippen LogP contribution in [-0.2, 0) is 28.6 Å². The zero-order valence-electron chi connectivity index (χ0n) is 40.0. The van der Waals surface area contributed by atoms with E-state index in [0.29, 0.717) is 19.3 Å². The quantitative estimate of drug-likeness (QED) is 0.0215. The fourth-order valence-electron chi connectivity index (χ4n) is 6.12. The molecule has 0 aromatic carbocycles. The second kappa shape index (κ2) is 44.1. The number of esters is 2. The van der Waals surface area contributed by atoms with E-state index >= 15 is 0 Å². The lowest BCUT2D eigenvalue weighted by Crippen LogP contribution is -2.50. The Morgan fingerprint density at radius 3 is 1.44 bits per heavy atom. The van der Waals surface area contributed by atoms with Gasteiger partial charge in [0.25, 0.3) is 0 Å². The molecular formula is C55H86NO7+. The van der Waals surface area contributed by atoms with Crippen LogP contribution in [0, 0.1) is 0 Å². The van der Waals surface area contributed by atoms with Gasteiger partial charge in [-0.25, -0.2) is 4.79 Å². The van der Waals surface area contributed by atoms with Gasteiger partial charge in [0.2, 0.25) is 0 Å². The predicted octanol–water partition coefficient (Wildman–Crippen LogP) is 13.6. The maximum Gasteiger partial charge on any atom is 0.362 e. The summed E-state index contributed by atoms with van der Waals surface area (Å²) in [6.07, 6.45) is 63.5. The Hall–Kier alpha value is -4.53. The van der Waals surface area contributed by atoms with Crippen LogP contribution in [0.25, 0.3) is 0 Å². The summed E-state index contributed by atoms with van der Waals surface area (Å²) in [5.74, 6) is -1.56. The maximum absolute atomic E-state index is 12.8. The first-order valence-corrected chi connectivity index (χ1v) is 23.8. The molecule has 0 fully saturated rings. The van der Waals surface area contributed by atoms with Crippen LogP contribution in [0.1, 0.15) is 142 Å². The van der Waals surface area contributed by atoms with Crippen molar-refractivity contribution < 1.29 is 38.2 Å². The fraction of sp³-hybridized carbons (Fsp3) is 0.545. The smallest absolute Gasteiger partial charge is 0.362 e. The predicted molar refractivity (Wildman–Crippen MR) is 265 cm³/mol. The van der Waals surface area contributed by atoms with E-state index in [1.165, 1.54) is 19.3 Å². The average Bonchev–Trinajstić information content (AvgIpc) is 3.24. The highest BCUT2D eigenvalue weighted by molar-refractivity contribution is 5.72. The number of carbonyl (C=O) groups excluding carboxylic acids is 2. The molecule has 0 bridgehead atoms. The second-order valence-corrected chi connectivity index (χ2v) is 16.4. The molecule has 0 amide bonds. The Morgan fingerprint density at radius 2 is 0.921 bits per heavy atom. The number of aliphatic carboxylic acids is 1. The Balaban J connectivity index is 4.45. The van der Waals surface area contributed by atoms with Crippen LogP contribution >= 0.6 is 0 Å². The van der Waals surface area contributed by atoms with Crippen molar-refractivity contribution in [2.75, 3.05) is 41.0 Å². The molecule has 0 saturated heterocycles. The fourth-order valence-corrected chi connectivity index (χ4v) is 6.12. The van der Waals surface area contributed by atoms with Crippen molar-refractivity contribution >= 4 is 17.9 Å². The first-order chi connectivity index (χ1) is 30.6. The molecule has 2 atom stereocenters. The minimum absolute atomic E-state index is 0.0282. The van der Waals surface area contributed by atoms with Gasteiger partial charge in [0, 0.05) is 19.3 Å². The minimum atomic E-state index is -0.892. The van der Waals surface area contributed by atoms with Gasteiger partial charge in [-0.3, -0.25) is 9.59 Å². The molecule has 8 nitrogen and oxygen atoms in total. The van der Waals surface area contributed by atoms with Crippen LogP contribution in [0.5, 0.6) is 0 Å². The minimum Gasteiger partial charge on any atom is -0.477 e. The molecule has 352 valence electrons. The van der Waals surface area contributed by atoms with E-state index in [2.05, 4.69) is 74.6 Å². The molecule has 63 heavy (non-hydrogen) atoms. The van der Waals surface area contributed by atoms with Crippen molar-refractivity contribution in [2.45, 2.75) is 154 Å². The number of quaternary nitrogens is 1. The number of carboxylic acids is 1. The summed E-state index contributed by atoms with van der Waals surface area (Å²) in [7, 11) is 5.49. The number of ether oxygens (including phenoxy) is 3. The Bertz CT molecular complexity index is 1480. The van der Waals surface area contributed by atoms with Crippen molar-refractivity contribution in [1.29, 1.82) is 0 Å². The van der Waals surface area contributed by atoms with Gasteiger partial charge in [0.15, 0.2) is 12.1 Å². The van der Waals surface area contributed by atoms with E-state index in [4.69, 9.17) is 14.2 Å². The van der Waals surface area contributed by atoms with Crippen molar-refractivity contribution in [1.82, 2.24) is 0 Å². The molecule has 0 aliphatic carbocycles. The molecule has 0 aromatic heterocycles. The number of hydrogen-bond donors (Lipinski definition) is 1. The third-order valence-electron chi connectivity index (χ3n) is 9.74. The molecule has 0 rings (SSSR count). The zero-order chi connectivity index (χ0) is 46.3. The third kappa shape index (κ3) is 42.5. The lowest BCUT2D eigenvalue weighted by atomic mass is 10.1. The lowest BCUT2D eigenvalue weighted by Gasteiger charge is -2.31.